The van der Waals surface area contributed by atoms with Gasteiger partial charge in [-0.1, -0.05) is 58.4 Å². The molecule has 166 valence electrons. The van der Waals surface area contributed by atoms with Crippen molar-refractivity contribution in [3.05, 3.63) is 105 Å². The Bertz CT molecular complexity index is 1240. The van der Waals surface area contributed by atoms with E-state index < -0.39 is 17.9 Å². The lowest BCUT2D eigenvalue weighted by Crippen LogP contribution is -2.30. The van der Waals surface area contributed by atoms with Crippen molar-refractivity contribution >= 4 is 39.9 Å². The normalized spacial score (nSPS) is 14.5. The highest BCUT2D eigenvalue weighted by Crippen LogP contribution is 2.27. The van der Waals surface area contributed by atoms with Crippen LogP contribution in [0.3, 0.4) is 0 Å². The molecule has 1 aliphatic heterocycles. The Labute approximate surface area is 198 Å². The summed E-state index contributed by atoms with van der Waals surface area (Å²) in [7, 11) is 0. The van der Waals surface area contributed by atoms with Gasteiger partial charge in [0, 0.05) is 10.0 Å². The molecule has 1 aliphatic rings. The summed E-state index contributed by atoms with van der Waals surface area (Å²) in [6, 6.07) is 20.5. The lowest BCUT2D eigenvalue weighted by molar-refractivity contribution is -0.123. The molecule has 0 spiro atoms. The summed E-state index contributed by atoms with van der Waals surface area (Å²) in [5.74, 6) is -0.899. The summed E-state index contributed by atoms with van der Waals surface area (Å²) in [5.41, 5.74) is 2.60. The van der Waals surface area contributed by atoms with E-state index in [2.05, 4.69) is 21.2 Å². The molecule has 0 unspecified atom stereocenters. The van der Waals surface area contributed by atoms with Crippen molar-refractivity contribution in [3.8, 4) is 5.75 Å². The number of imide groups is 1. The van der Waals surface area contributed by atoms with E-state index >= 15 is 0 Å². The molecule has 0 radical (unpaired) electrons. The predicted octanol–water partition coefficient (Wildman–Crippen LogP) is 4.82. The molecule has 3 aromatic rings. The van der Waals surface area contributed by atoms with Crippen LogP contribution in [-0.2, 0) is 17.9 Å². The molecule has 0 bridgehead atoms. The Kier molecular flexibility index (Phi) is 6.55. The lowest BCUT2D eigenvalue weighted by atomic mass is 10.1. The third-order valence-corrected chi connectivity index (χ3v) is 5.51. The third-order valence-electron chi connectivity index (χ3n) is 5.01. The Hall–Kier alpha value is -3.91. The molecule has 4 rings (SSSR count). The van der Waals surface area contributed by atoms with E-state index in [0.29, 0.717) is 11.3 Å². The summed E-state index contributed by atoms with van der Waals surface area (Å²) in [4.78, 5) is 37.4. The van der Waals surface area contributed by atoms with Gasteiger partial charge in [0.1, 0.15) is 18.1 Å². The van der Waals surface area contributed by atoms with Crippen molar-refractivity contribution in [2.45, 2.75) is 13.2 Å². The minimum absolute atomic E-state index is 0.157. The fraction of sp³-hybridized carbons (Fsp3) is 0.0800. The van der Waals surface area contributed by atoms with E-state index in [1.807, 2.05) is 36.4 Å². The smallest absolute Gasteiger partial charge is 0.335 e. The molecule has 0 atom stereocenters. The third kappa shape index (κ3) is 5.30. The van der Waals surface area contributed by atoms with E-state index in [-0.39, 0.29) is 24.4 Å². The van der Waals surface area contributed by atoms with Crippen LogP contribution in [0.5, 0.6) is 5.75 Å². The molecule has 1 heterocycles. The Balaban J connectivity index is 1.52. The largest absolute Gasteiger partial charge is 0.488 e. The fourth-order valence-corrected chi connectivity index (χ4v) is 3.68. The van der Waals surface area contributed by atoms with Crippen LogP contribution in [0.4, 0.5) is 4.79 Å². The number of rotatable bonds is 7. The van der Waals surface area contributed by atoms with Gasteiger partial charge in [-0.3, -0.25) is 9.69 Å². The topological polar surface area (TPSA) is 95.9 Å². The Morgan fingerprint density at radius 1 is 1.00 bits per heavy atom. The van der Waals surface area contributed by atoms with Gasteiger partial charge in [0.25, 0.3) is 5.91 Å². The summed E-state index contributed by atoms with van der Waals surface area (Å²) in [6.07, 6.45) is 1.58. The maximum Gasteiger partial charge on any atom is 0.335 e. The van der Waals surface area contributed by atoms with Crippen LogP contribution in [0, 0.1) is 0 Å². The first-order valence-electron chi connectivity index (χ1n) is 10.0. The molecule has 0 aromatic heterocycles. The van der Waals surface area contributed by atoms with E-state index in [9.17, 15) is 14.4 Å². The average Bonchev–Trinajstić information content (AvgIpc) is 3.07. The van der Waals surface area contributed by atoms with Gasteiger partial charge in [-0.25, -0.2) is 9.59 Å². The fourth-order valence-electron chi connectivity index (χ4n) is 3.30. The van der Waals surface area contributed by atoms with E-state index in [4.69, 9.17) is 9.84 Å². The molecule has 1 fully saturated rings. The zero-order valence-corrected chi connectivity index (χ0v) is 18.9. The second kappa shape index (κ2) is 9.70. The lowest BCUT2D eigenvalue weighted by Gasteiger charge is -2.12. The number of carbonyl (C=O) groups excluding carboxylic acids is 2. The first kappa shape index (κ1) is 22.3. The number of hydrogen-bond acceptors (Lipinski definition) is 4. The van der Waals surface area contributed by atoms with Gasteiger partial charge in [-0.2, -0.15) is 0 Å². The first-order chi connectivity index (χ1) is 15.9. The van der Waals surface area contributed by atoms with Crippen LogP contribution < -0.4 is 10.1 Å². The van der Waals surface area contributed by atoms with Crippen molar-refractivity contribution < 1.29 is 24.2 Å². The molecule has 3 aromatic carbocycles. The number of carboxylic acids is 1. The van der Waals surface area contributed by atoms with Crippen molar-refractivity contribution in [2.24, 2.45) is 0 Å². The Morgan fingerprint density at radius 3 is 2.42 bits per heavy atom. The Morgan fingerprint density at radius 2 is 1.73 bits per heavy atom. The highest BCUT2D eigenvalue weighted by atomic mass is 79.9. The standard InChI is InChI=1S/C25H19BrN2O5/c26-20-10-11-22(33-15-17-6-8-18(9-7-17)24(30)31)19(12-20)13-21-23(29)28(25(32)27-21)14-16-4-2-1-3-5-16/h1-13H,14-15H2,(H,27,32)(H,30,31)/b21-13+. The van der Waals surface area contributed by atoms with Crippen molar-refractivity contribution in [2.75, 3.05) is 0 Å². The molecular formula is C25H19BrN2O5. The number of benzene rings is 3. The van der Waals surface area contributed by atoms with Crippen LogP contribution in [-0.4, -0.2) is 27.9 Å². The SMILES string of the molecule is O=C(O)c1ccc(COc2ccc(Br)cc2/C=C2/NC(=O)N(Cc3ccccc3)C2=O)cc1. The molecular weight excluding hydrogens is 488 g/mol. The van der Waals surface area contributed by atoms with Gasteiger partial charge < -0.3 is 15.2 Å². The van der Waals surface area contributed by atoms with Crippen molar-refractivity contribution in [3.63, 3.8) is 0 Å². The minimum Gasteiger partial charge on any atom is -0.488 e. The number of aromatic carboxylic acids is 1. The van der Waals surface area contributed by atoms with Crippen molar-refractivity contribution in [1.82, 2.24) is 10.2 Å². The average molecular weight is 507 g/mol. The molecule has 7 nitrogen and oxygen atoms in total. The monoisotopic (exact) mass is 506 g/mol. The molecule has 2 N–H and O–H groups in total. The van der Waals surface area contributed by atoms with Gasteiger partial charge in [0.05, 0.1) is 12.1 Å². The number of nitrogens with one attached hydrogen (secondary N) is 1. The molecule has 0 aliphatic carbocycles. The number of halogens is 1. The number of carbonyl (C=O) groups is 3. The number of urea groups is 1. The second-order valence-corrected chi connectivity index (χ2v) is 8.25. The molecule has 3 amide bonds. The van der Waals surface area contributed by atoms with E-state index in [1.165, 1.54) is 12.1 Å². The zero-order valence-electron chi connectivity index (χ0n) is 17.3. The molecule has 0 saturated carbocycles. The second-order valence-electron chi connectivity index (χ2n) is 7.34. The van der Waals surface area contributed by atoms with Crippen LogP contribution in [0.25, 0.3) is 6.08 Å². The highest BCUT2D eigenvalue weighted by molar-refractivity contribution is 9.10. The molecule has 33 heavy (non-hydrogen) atoms. The quantitative estimate of drug-likeness (QED) is 0.353. The van der Waals surface area contributed by atoms with Gasteiger partial charge in [0.15, 0.2) is 0 Å². The van der Waals surface area contributed by atoms with Crippen LogP contribution >= 0.6 is 15.9 Å². The number of nitrogens with zero attached hydrogens (tertiary/aromatic N) is 1. The van der Waals surface area contributed by atoms with Crippen molar-refractivity contribution in [1.29, 1.82) is 0 Å². The predicted molar refractivity (Wildman–Crippen MR) is 125 cm³/mol. The molecule has 8 heteroatoms. The van der Waals surface area contributed by atoms with E-state index in [1.54, 1.807) is 30.3 Å². The summed E-state index contributed by atoms with van der Waals surface area (Å²) >= 11 is 3.42. The maximum absolute atomic E-state index is 12.9. The maximum atomic E-state index is 12.9. The van der Waals surface area contributed by atoms with Gasteiger partial charge in [-0.15, -0.1) is 0 Å². The van der Waals surface area contributed by atoms with Crippen LogP contribution in [0.1, 0.15) is 27.0 Å². The number of amides is 3. The number of ether oxygens (including phenoxy) is 1. The summed E-state index contributed by atoms with van der Waals surface area (Å²) < 4.78 is 6.71. The number of hydrogen-bond donors (Lipinski definition) is 2. The van der Waals surface area contributed by atoms with Crippen LogP contribution in [0.15, 0.2) is 83.0 Å². The summed E-state index contributed by atoms with van der Waals surface area (Å²) in [5, 5.41) is 11.7. The van der Waals surface area contributed by atoms with Gasteiger partial charge >= 0.3 is 12.0 Å². The highest BCUT2D eigenvalue weighted by Gasteiger charge is 2.33. The number of carboxylic acid groups (broad SMARTS) is 1. The van der Waals surface area contributed by atoms with E-state index in [0.717, 1.165) is 20.5 Å². The first-order valence-corrected chi connectivity index (χ1v) is 10.8. The summed E-state index contributed by atoms with van der Waals surface area (Å²) in [6.45, 7) is 0.384. The van der Waals surface area contributed by atoms with Gasteiger partial charge in [-0.05, 0) is 47.5 Å². The zero-order chi connectivity index (χ0) is 23.4. The van der Waals surface area contributed by atoms with Crippen LogP contribution in [0.2, 0.25) is 0 Å². The minimum atomic E-state index is -0.992. The molecule has 1 saturated heterocycles. The van der Waals surface area contributed by atoms with Gasteiger partial charge in [0.2, 0.25) is 0 Å².